The summed E-state index contributed by atoms with van der Waals surface area (Å²) in [6, 6.07) is 5.95. The van der Waals surface area contributed by atoms with Crippen molar-refractivity contribution < 1.29 is 19.1 Å². The lowest BCUT2D eigenvalue weighted by Gasteiger charge is -2.19. The third kappa shape index (κ3) is 3.99. The molecule has 0 radical (unpaired) electrons. The van der Waals surface area contributed by atoms with E-state index < -0.39 is 29.3 Å². The first kappa shape index (κ1) is 17.8. The van der Waals surface area contributed by atoms with Crippen LogP contribution < -0.4 is 10.9 Å². The lowest BCUT2D eigenvalue weighted by Crippen LogP contribution is -2.34. The van der Waals surface area contributed by atoms with Crippen LogP contribution in [0.3, 0.4) is 0 Å². The second kappa shape index (κ2) is 7.51. The third-order valence-corrected chi connectivity index (χ3v) is 4.54. The van der Waals surface area contributed by atoms with Gasteiger partial charge < -0.3 is 15.4 Å². The number of nitrogens with one attached hydrogen (secondary N) is 2. The van der Waals surface area contributed by atoms with E-state index in [1.807, 2.05) is 0 Å². The third-order valence-electron chi connectivity index (χ3n) is 4.54. The van der Waals surface area contributed by atoms with Crippen molar-refractivity contribution in [1.82, 2.24) is 10.3 Å². The SMILES string of the molecule is O=C(O)CC(NC(=O)c1cc2c([nH]c1=O)CCCC2)c1ccc(F)cc1. The van der Waals surface area contributed by atoms with Crippen LogP contribution in [0.15, 0.2) is 35.1 Å². The molecule has 1 aliphatic rings. The van der Waals surface area contributed by atoms with Crippen molar-refractivity contribution in [3.8, 4) is 0 Å². The van der Waals surface area contributed by atoms with E-state index in [4.69, 9.17) is 5.11 Å². The molecule has 0 fully saturated rings. The number of aromatic nitrogens is 1. The lowest BCUT2D eigenvalue weighted by atomic mass is 9.94. The summed E-state index contributed by atoms with van der Waals surface area (Å²) in [7, 11) is 0. The van der Waals surface area contributed by atoms with Crippen LogP contribution in [-0.4, -0.2) is 22.0 Å². The van der Waals surface area contributed by atoms with Crippen LogP contribution in [0.25, 0.3) is 0 Å². The number of carboxylic acid groups (broad SMARTS) is 1. The molecule has 1 atom stereocenters. The maximum Gasteiger partial charge on any atom is 0.305 e. The number of carboxylic acids is 1. The zero-order valence-electron chi connectivity index (χ0n) is 14.0. The number of aromatic amines is 1. The van der Waals surface area contributed by atoms with Crippen molar-refractivity contribution in [2.75, 3.05) is 0 Å². The first-order valence-electron chi connectivity index (χ1n) is 8.47. The Morgan fingerprint density at radius 3 is 2.58 bits per heavy atom. The number of hydrogen-bond donors (Lipinski definition) is 3. The van der Waals surface area contributed by atoms with Crippen molar-refractivity contribution in [1.29, 1.82) is 0 Å². The van der Waals surface area contributed by atoms with Gasteiger partial charge in [-0.2, -0.15) is 0 Å². The van der Waals surface area contributed by atoms with Gasteiger partial charge in [-0.05, 0) is 55.0 Å². The summed E-state index contributed by atoms with van der Waals surface area (Å²) in [5, 5.41) is 11.7. The Balaban J connectivity index is 1.87. The van der Waals surface area contributed by atoms with Gasteiger partial charge in [-0.3, -0.25) is 14.4 Å². The molecule has 136 valence electrons. The van der Waals surface area contributed by atoms with E-state index in [-0.39, 0.29) is 12.0 Å². The summed E-state index contributed by atoms with van der Waals surface area (Å²) in [6.45, 7) is 0. The van der Waals surface area contributed by atoms with Crippen LogP contribution in [0, 0.1) is 5.82 Å². The Labute approximate surface area is 149 Å². The van der Waals surface area contributed by atoms with Crippen LogP contribution >= 0.6 is 0 Å². The standard InChI is InChI=1S/C19H19FN2O4/c20-13-7-5-11(6-8-13)16(10-17(23)24)22-19(26)14-9-12-3-1-2-4-15(12)21-18(14)25/h5-9,16H,1-4,10H2,(H,21,25)(H,22,26)(H,23,24). The molecule has 1 aromatic heterocycles. The van der Waals surface area contributed by atoms with Gasteiger partial charge in [0.15, 0.2) is 0 Å². The number of pyridine rings is 1. The average molecular weight is 358 g/mol. The number of aliphatic carboxylic acids is 1. The molecule has 0 aliphatic heterocycles. The predicted octanol–water partition coefficient (Wildman–Crippen LogP) is 2.34. The van der Waals surface area contributed by atoms with E-state index in [1.54, 1.807) is 6.07 Å². The molecule has 1 heterocycles. The van der Waals surface area contributed by atoms with Gasteiger partial charge in [0.1, 0.15) is 11.4 Å². The number of carbonyl (C=O) groups excluding carboxylic acids is 1. The Hall–Kier alpha value is -2.96. The van der Waals surface area contributed by atoms with Gasteiger partial charge >= 0.3 is 5.97 Å². The second-order valence-corrected chi connectivity index (χ2v) is 6.40. The minimum Gasteiger partial charge on any atom is -0.481 e. The van der Waals surface area contributed by atoms with E-state index in [0.29, 0.717) is 5.56 Å². The Morgan fingerprint density at radius 1 is 1.19 bits per heavy atom. The lowest BCUT2D eigenvalue weighted by molar-refractivity contribution is -0.137. The largest absolute Gasteiger partial charge is 0.481 e. The Bertz CT molecular complexity index is 889. The number of benzene rings is 1. The number of H-pyrrole nitrogens is 1. The van der Waals surface area contributed by atoms with Crippen molar-refractivity contribution in [3.05, 3.63) is 68.9 Å². The fraction of sp³-hybridized carbons (Fsp3) is 0.316. The summed E-state index contributed by atoms with van der Waals surface area (Å²) in [6.07, 6.45) is 3.20. The van der Waals surface area contributed by atoms with Gasteiger partial charge in [0.2, 0.25) is 0 Å². The molecular weight excluding hydrogens is 339 g/mol. The van der Waals surface area contributed by atoms with Crippen LogP contribution in [0.4, 0.5) is 4.39 Å². The summed E-state index contributed by atoms with van der Waals surface area (Å²) in [5.41, 5.74) is 1.73. The van der Waals surface area contributed by atoms with E-state index in [9.17, 15) is 18.8 Å². The highest BCUT2D eigenvalue weighted by molar-refractivity contribution is 5.94. The van der Waals surface area contributed by atoms with Crippen molar-refractivity contribution in [2.45, 2.75) is 38.1 Å². The zero-order valence-corrected chi connectivity index (χ0v) is 14.0. The highest BCUT2D eigenvalue weighted by atomic mass is 19.1. The summed E-state index contributed by atoms with van der Waals surface area (Å²) in [4.78, 5) is 38.7. The molecule has 3 rings (SSSR count). The van der Waals surface area contributed by atoms with Gasteiger partial charge in [-0.15, -0.1) is 0 Å². The molecule has 0 saturated heterocycles. The topological polar surface area (TPSA) is 99.3 Å². The molecule has 0 saturated carbocycles. The molecular formula is C19H19FN2O4. The van der Waals surface area contributed by atoms with E-state index in [0.717, 1.165) is 36.9 Å². The minimum absolute atomic E-state index is 0.0387. The predicted molar refractivity (Wildman–Crippen MR) is 92.6 cm³/mol. The monoisotopic (exact) mass is 358 g/mol. The van der Waals surface area contributed by atoms with Gasteiger partial charge in [-0.1, -0.05) is 12.1 Å². The maximum atomic E-state index is 13.1. The summed E-state index contributed by atoms with van der Waals surface area (Å²) in [5.74, 6) is -2.21. The van der Waals surface area contributed by atoms with Crippen molar-refractivity contribution in [2.24, 2.45) is 0 Å². The maximum absolute atomic E-state index is 13.1. The van der Waals surface area contributed by atoms with Crippen LogP contribution in [0.2, 0.25) is 0 Å². The van der Waals surface area contributed by atoms with Crippen LogP contribution in [0.1, 0.15) is 52.5 Å². The van der Waals surface area contributed by atoms with Gasteiger partial charge in [0.05, 0.1) is 12.5 Å². The Morgan fingerprint density at radius 2 is 1.88 bits per heavy atom. The number of aryl methyl sites for hydroxylation is 2. The van der Waals surface area contributed by atoms with E-state index in [2.05, 4.69) is 10.3 Å². The fourth-order valence-electron chi connectivity index (χ4n) is 3.20. The molecule has 7 heteroatoms. The first-order valence-corrected chi connectivity index (χ1v) is 8.47. The fourth-order valence-corrected chi connectivity index (χ4v) is 3.20. The summed E-state index contributed by atoms with van der Waals surface area (Å²) < 4.78 is 13.1. The number of amides is 1. The molecule has 3 N–H and O–H groups in total. The van der Waals surface area contributed by atoms with Crippen molar-refractivity contribution in [3.63, 3.8) is 0 Å². The van der Waals surface area contributed by atoms with Gasteiger partial charge in [-0.25, -0.2) is 4.39 Å². The molecule has 0 spiro atoms. The molecule has 1 aliphatic carbocycles. The molecule has 6 nitrogen and oxygen atoms in total. The molecule has 2 aromatic rings. The summed E-state index contributed by atoms with van der Waals surface area (Å²) >= 11 is 0. The minimum atomic E-state index is -1.11. The number of hydrogen-bond acceptors (Lipinski definition) is 3. The van der Waals surface area contributed by atoms with Gasteiger partial charge in [0.25, 0.3) is 11.5 Å². The van der Waals surface area contributed by atoms with Crippen LogP contribution in [-0.2, 0) is 17.6 Å². The van der Waals surface area contributed by atoms with Gasteiger partial charge in [0, 0.05) is 5.69 Å². The smallest absolute Gasteiger partial charge is 0.305 e. The molecule has 0 bridgehead atoms. The highest BCUT2D eigenvalue weighted by Gasteiger charge is 2.22. The second-order valence-electron chi connectivity index (χ2n) is 6.40. The van der Waals surface area contributed by atoms with Crippen LogP contribution in [0.5, 0.6) is 0 Å². The van der Waals surface area contributed by atoms with Crippen molar-refractivity contribution >= 4 is 11.9 Å². The molecule has 1 unspecified atom stereocenters. The first-order chi connectivity index (χ1) is 12.4. The highest BCUT2D eigenvalue weighted by Crippen LogP contribution is 2.20. The zero-order chi connectivity index (χ0) is 18.7. The van der Waals surface area contributed by atoms with E-state index in [1.165, 1.54) is 24.3 Å². The molecule has 1 amide bonds. The molecule has 26 heavy (non-hydrogen) atoms. The Kier molecular flexibility index (Phi) is 5.16. The quantitative estimate of drug-likeness (QED) is 0.764. The number of carbonyl (C=O) groups is 2. The number of fused-ring (bicyclic) bond motifs is 1. The number of rotatable bonds is 5. The van der Waals surface area contributed by atoms with E-state index >= 15 is 0 Å². The normalized spacial score (nSPS) is 14.3. The molecule has 1 aromatic carbocycles. The average Bonchev–Trinajstić information content (AvgIpc) is 2.60. The number of halogens is 1.